The van der Waals surface area contributed by atoms with Crippen LogP contribution in [0.3, 0.4) is 0 Å². The van der Waals surface area contributed by atoms with Crippen LogP contribution in [-0.2, 0) is 16.0 Å². The molecule has 2 saturated heterocycles. The summed E-state index contributed by atoms with van der Waals surface area (Å²) in [6, 6.07) is 3.09. The van der Waals surface area contributed by atoms with Crippen LogP contribution in [0.2, 0.25) is 0 Å². The normalized spacial score (nSPS) is 25.1. The summed E-state index contributed by atoms with van der Waals surface area (Å²) in [6.45, 7) is 5.80. The van der Waals surface area contributed by atoms with Crippen molar-refractivity contribution in [3.63, 3.8) is 0 Å². The minimum absolute atomic E-state index is 0.0284. The number of hydrogen-bond acceptors (Lipinski definition) is 7. The highest BCUT2D eigenvalue weighted by Crippen LogP contribution is 2.42. The third kappa shape index (κ3) is 2.56. The van der Waals surface area contributed by atoms with Gasteiger partial charge < -0.3 is 19.1 Å². The molecule has 0 radical (unpaired) electrons. The van der Waals surface area contributed by atoms with Gasteiger partial charge in [-0.15, -0.1) is 0 Å². The number of pyridine rings is 1. The van der Waals surface area contributed by atoms with Gasteiger partial charge in [-0.1, -0.05) is 0 Å². The first-order valence-electron chi connectivity index (χ1n) is 9.56. The monoisotopic (exact) mass is 388 g/mol. The van der Waals surface area contributed by atoms with Gasteiger partial charge in [0, 0.05) is 25.1 Å². The number of carbonyl (C=O) groups excluding carboxylic acids is 1. The molecule has 0 bridgehead atoms. The minimum atomic E-state index is -0.575. The van der Waals surface area contributed by atoms with Gasteiger partial charge in [0.15, 0.2) is 0 Å². The second-order valence-electron chi connectivity index (χ2n) is 7.29. The summed E-state index contributed by atoms with van der Waals surface area (Å²) in [5.74, 6) is -0.208. The van der Waals surface area contributed by atoms with Crippen LogP contribution < -0.4 is 9.64 Å². The number of rotatable bonds is 4. The van der Waals surface area contributed by atoms with E-state index in [1.54, 1.807) is 17.7 Å². The lowest BCUT2D eigenvalue weighted by Gasteiger charge is -2.55. The Morgan fingerprint density at radius 3 is 2.96 bits per heavy atom. The van der Waals surface area contributed by atoms with Crippen LogP contribution in [-0.4, -0.2) is 58.7 Å². The average Bonchev–Trinajstić information content (AvgIpc) is 3.02. The van der Waals surface area contributed by atoms with E-state index in [0.717, 1.165) is 6.42 Å². The molecule has 3 aliphatic heterocycles. The zero-order valence-corrected chi connectivity index (χ0v) is 15.7. The van der Waals surface area contributed by atoms with Gasteiger partial charge >= 0.3 is 5.97 Å². The van der Waals surface area contributed by atoms with Crippen LogP contribution in [0.4, 0.5) is 10.2 Å². The zero-order chi connectivity index (χ0) is 19.4. The Kier molecular flexibility index (Phi) is 4.01. The molecular formula is C19H21FN4O4. The Balaban J connectivity index is 1.64. The number of carbonyl (C=O) groups is 1. The molecule has 28 heavy (non-hydrogen) atoms. The lowest BCUT2D eigenvalue weighted by Crippen LogP contribution is -2.71. The fourth-order valence-electron chi connectivity index (χ4n) is 3.89. The van der Waals surface area contributed by atoms with E-state index in [4.69, 9.17) is 14.2 Å². The lowest BCUT2D eigenvalue weighted by atomic mass is 9.93. The summed E-state index contributed by atoms with van der Waals surface area (Å²) in [7, 11) is 0. The highest BCUT2D eigenvalue weighted by atomic mass is 19.1. The van der Waals surface area contributed by atoms with Crippen molar-refractivity contribution >= 4 is 11.8 Å². The Morgan fingerprint density at radius 2 is 2.29 bits per heavy atom. The summed E-state index contributed by atoms with van der Waals surface area (Å²) in [5, 5.41) is 4.62. The molecule has 148 valence electrons. The Labute approximate surface area is 161 Å². The van der Waals surface area contributed by atoms with Crippen LogP contribution in [0.15, 0.2) is 12.1 Å². The number of anilines is 1. The summed E-state index contributed by atoms with van der Waals surface area (Å²) in [5.41, 5.74) is 1.27. The van der Waals surface area contributed by atoms with Crippen molar-refractivity contribution < 1.29 is 23.4 Å². The van der Waals surface area contributed by atoms with E-state index in [1.165, 1.54) is 6.07 Å². The fourth-order valence-corrected chi connectivity index (χ4v) is 3.89. The van der Waals surface area contributed by atoms with Gasteiger partial charge in [0.25, 0.3) is 0 Å². The summed E-state index contributed by atoms with van der Waals surface area (Å²) >= 11 is 0. The zero-order valence-electron chi connectivity index (χ0n) is 15.7. The largest absolute Gasteiger partial charge is 0.474 e. The van der Waals surface area contributed by atoms with Gasteiger partial charge in [-0.3, -0.25) is 0 Å². The molecule has 5 heterocycles. The topological polar surface area (TPSA) is 78.7 Å². The third-order valence-electron chi connectivity index (χ3n) is 5.50. The molecule has 1 unspecified atom stereocenters. The minimum Gasteiger partial charge on any atom is -0.474 e. The predicted octanol–water partition coefficient (Wildman–Crippen LogP) is 2.02. The fraction of sp³-hybridized carbons (Fsp3) is 0.526. The maximum absolute atomic E-state index is 14.0. The Hall–Kier alpha value is -2.68. The van der Waals surface area contributed by atoms with E-state index in [2.05, 4.69) is 10.1 Å². The molecule has 0 spiro atoms. The van der Waals surface area contributed by atoms with Gasteiger partial charge in [0.2, 0.25) is 11.8 Å². The molecule has 2 fully saturated rings. The molecule has 8 nitrogen and oxygen atoms in total. The van der Waals surface area contributed by atoms with Crippen LogP contribution in [0.25, 0.3) is 11.3 Å². The van der Waals surface area contributed by atoms with Crippen molar-refractivity contribution in [2.75, 3.05) is 24.7 Å². The smallest absolute Gasteiger partial charge is 0.345 e. The maximum atomic E-state index is 14.0. The lowest BCUT2D eigenvalue weighted by molar-refractivity contribution is -0.113. The van der Waals surface area contributed by atoms with Crippen molar-refractivity contribution in [2.24, 2.45) is 0 Å². The van der Waals surface area contributed by atoms with Crippen LogP contribution in [0.1, 0.15) is 30.6 Å². The van der Waals surface area contributed by atoms with E-state index in [0.29, 0.717) is 42.7 Å². The van der Waals surface area contributed by atoms with E-state index < -0.39 is 11.9 Å². The summed E-state index contributed by atoms with van der Waals surface area (Å²) in [4.78, 5) is 18.9. The van der Waals surface area contributed by atoms with Gasteiger partial charge in [-0.2, -0.15) is 9.49 Å². The van der Waals surface area contributed by atoms with Crippen molar-refractivity contribution in [1.82, 2.24) is 14.8 Å². The standard InChI is InChI=1S/C19H21FN4O4/c1-3-26-19(25)15-16(22-24-7-6-10(2)28-18(15)24)11-4-5-14(20)21-17(11)23-8-13-12(23)9-27-13/h4-5,10,12-13H,3,6-9H2,1-2H3/t10-,12?,13+/m1/s1. The van der Waals surface area contributed by atoms with E-state index in [-0.39, 0.29) is 30.4 Å². The number of nitrogens with zero attached hydrogens (tertiary/aromatic N) is 4. The van der Waals surface area contributed by atoms with E-state index >= 15 is 0 Å². The second-order valence-corrected chi connectivity index (χ2v) is 7.29. The van der Waals surface area contributed by atoms with Crippen molar-refractivity contribution in [3.05, 3.63) is 23.6 Å². The highest BCUT2D eigenvalue weighted by molar-refractivity contribution is 6.00. The number of morpholine rings is 1. The highest BCUT2D eigenvalue weighted by Gasteiger charge is 2.49. The molecule has 0 amide bonds. The molecule has 0 saturated carbocycles. The number of halogens is 1. The first kappa shape index (κ1) is 17.4. The van der Waals surface area contributed by atoms with Crippen LogP contribution >= 0.6 is 0 Å². The molecule has 2 aromatic rings. The molecule has 3 aliphatic rings. The number of esters is 1. The number of aromatic nitrogens is 3. The summed E-state index contributed by atoms with van der Waals surface area (Å²) < 4.78 is 32.3. The maximum Gasteiger partial charge on any atom is 0.345 e. The van der Waals surface area contributed by atoms with E-state index in [9.17, 15) is 9.18 Å². The molecule has 0 aliphatic carbocycles. The third-order valence-corrected chi connectivity index (χ3v) is 5.50. The first-order chi connectivity index (χ1) is 13.6. The Morgan fingerprint density at radius 1 is 1.43 bits per heavy atom. The molecule has 2 aromatic heterocycles. The molecule has 3 atom stereocenters. The summed E-state index contributed by atoms with van der Waals surface area (Å²) in [6.07, 6.45) is 0.930. The van der Waals surface area contributed by atoms with E-state index in [1.807, 2.05) is 11.8 Å². The molecule has 5 rings (SSSR count). The van der Waals surface area contributed by atoms with Gasteiger partial charge in [0.1, 0.15) is 17.1 Å². The average molecular weight is 388 g/mol. The Bertz CT molecular complexity index is 946. The van der Waals surface area contributed by atoms with Crippen molar-refractivity contribution in [1.29, 1.82) is 0 Å². The van der Waals surface area contributed by atoms with Crippen LogP contribution in [0.5, 0.6) is 5.88 Å². The molecule has 9 heteroatoms. The van der Waals surface area contributed by atoms with Crippen molar-refractivity contribution in [3.8, 4) is 17.1 Å². The number of fused-ring (bicyclic) bond motifs is 2. The number of ether oxygens (including phenoxy) is 3. The van der Waals surface area contributed by atoms with Crippen molar-refractivity contribution in [2.45, 2.75) is 45.1 Å². The quantitative estimate of drug-likeness (QED) is 0.586. The number of hydrogen-bond donors (Lipinski definition) is 0. The van der Waals surface area contributed by atoms with Gasteiger partial charge in [0.05, 0.1) is 31.5 Å². The SMILES string of the molecule is CCOC(=O)c1c(-c2ccc(F)nc2N2C[C@@H]3OCC32)nn2c1O[C@H](C)CC2. The van der Waals surface area contributed by atoms with Gasteiger partial charge in [-0.25, -0.2) is 14.5 Å². The molecule has 0 N–H and O–H groups in total. The predicted molar refractivity (Wildman–Crippen MR) is 97.0 cm³/mol. The first-order valence-corrected chi connectivity index (χ1v) is 9.56. The molecule has 0 aromatic carbocycles. The van der Waals surface area contributed by atoms with Gasteiger partial charge in [-0.05, 0) is 26.0 Å². The second kappa shape index (κ2) is 6.44. The number of aryl methyl sites for hydroxylation is 1. The van der Waals surface area contributed by atoms with Crippen LogP contribution in [0, 0.1) is 5.95 Å². The molecular weight excluding hydrogens is 367 g/mol.